The number of hydrogen-bond donors (Lipinski definition) is 2. The molecule has 4 nitrogen and oxygen atoms in total. The molecule has 5 heteroatoms. The van der Waals surface area contributed by atoms with Crippen molar-refractivity contribution in [1.82, 2.24) is 10.2 Å². The lowest BCUT2D eigenvalue weighted by Crippen LogP contribution is -2.49. The summed E-state index contributed by atoms with van der Waals surface area (Å²) in [5.41, 5.74) is 1.39. The molecular formula is C19H28N2O2S. The Hall–Kier alpha value is -1.04. The van der Waals surface area contributed by atoms with Crippen LogP contribution in [0, 0.1) is 5.92 Å². The van der Waals surface area contributed by atoms with E-state index in [0.717, 1.165) is 45.3 Å². The highest BCUT2D eigenvalue weighted by molar-refractivity contribution is 7.99. The number of carboxylic acid groups (broad SMARTS) is 1. The number of rotatable bonds is 6. The zero-order valence-corrected chi connectivity index (χ0v) is 15.0. The molecule has 0 radical (unpaired) electrons. The number of carboxylic acids is 1. The molecule has 0 bridgehead atoms. The minimum atomic E-state index is -0.619. The van der Waals surface area contributed by atoms with Crippen LogP contribution in [0.3, 0.4) is 0 Å². The SMILES string of the molecule is O=C(O)C1CCC(NCC2CSCCN2Cc2ccccc2)CC1. The summed E-state index contributed by atoms with van der Waals surface area (Å²) in [4.78, 5) is 13.7. The second-order valence-electron chi connectivity index (χ2n) is 6.98. The Bertz CT molecular complexity index is 517. The number of hydrogen-bond acceptors (Lipinski definition) is 4. The maximum atomic E-state index is 11.1. The van der Waals surface area contributed by atoms with Crippen LogP contribution in [0.5, 0.6) is 0 Å². The number of benzene rings is 1. The fraction of sp³-hybridized carbons (Fsp3) is 0.632. The predicted octanol–water partition coefficient (Wildman–Crippen LogP) is 2.84. The largest absolute Gasteiger partial charge is 0.481 e. The first-order valence-electron chi connectivity index (χ1n) is 9.04. The fourth-order valence-corrected chi connectivity index (χ4v) is 4.88. The van der Waals surface area contributed by atoms with Gasteiger partial charge in [-0.2, -0.15) is 11.8 Å². The van der Waals surface area contributed by atoms with Crippen molar-refractivity contribution in [2.75, 3.05) is 24.6 Å². The van der Waals surface area contributed by atoms with Gasteiger partial charge in [-0.05, 0) is 31.2 Å². The van der Waals surface area contributed by atoms with Crippen molar-refractivity contribution in [2.45, 2.75) is 44.3 Å². The molecule has 1 aromatic carbocycles. The monoisotopic (exact) mass is 348 g/mol. The van der Waals surface area contributed by atoms with Crippen LogP contribution in [0.15, 0.2) is 30.3 Å². The topological polar surface area (TPSA) is 52.6 Å². The van der Waals surface area contributed by atoms with E-state index in [9.17, 15) is 4.79 Å². The van der Waals surface area contributed by atoms with Gasteiger partial charge in [-0.1, -0.05) is 30.3 Å². The van der Waals surface area contributed by atoms with Gasteiger partial charge in [0.25, 0.3) is 0 Å². The molecule has 1 aliphatic heterocycles. The summed E-state index contributed by atoms with van der Waals surface area (Å²) < 4.78 is 0. The zero-order valence-electron chi connectivity index (χ0n) is 14.2. The predicted molar refractivity (Wildman–Crippen MR) is 99.3 cm³/mol. The molecular weight excluding hydrogens is 320 g/mol. The lowest BCUT2D eigenvalue weighted by Gasteiger charge is -2.37. The highest BCUT2D eigenvalue weighted by atomic mass is 32.2. The second-order valence-corrected chi connectivity index (χ2v) is 8.13. The van der Waals surface area contributed by atoms with Crippen molar-refractivity contribution < 1.29 is 9.90 Å². The highest BCUT2D eigenvalue weighted by Gasteiger charge is 2.27. The third kappa shape index (κ3) is 4.98. The smallest absolute Gasteiger partial charge is 0.306 e. The van der Waals surface area contributed by atoms with Gasteiger partial charge in [0.15, 0.2) is 0 Å². The van der Waals surface area contributed by atoms with E-state index in [1.165, 1.54) is 17.1 Å². The first kappa shape index (κ1) is 17.8. The van der Waals surface area contributed by atoms with Crippen molar-refractivity contribution in [3.63, 3.8) is 0 Å². The van der Waals surface area contributed by atoms with Crippen LogP contribution in [-0.4, -0.2) is 52.7 Å². The van der Waals surface area contributed by atoms with Gasteiger partial charge in [-0.25, -0.2) is 0 Å². The van der Waals surface area contributed by atoms with Crippen LogP contribution in [-0.2, 0) is 11.3 Å². The Morgan fingerprint density at radius 1 is 1.21 bits per heavy atom. The summed E-state index contributed by atoms with van der Waals surface area (Å²) in [6.45, 7) is 3.19. The van der Waals surface area contributed by atoms with Crippen LogP contribution in [0.4, 0.5) is 0 Å². The van der Waals surface area contributed by atoms with Gasteiger partial charge in [-0.15, -0.1) is 0 Å². The minimum Gasteiger partial charge on any atom is -0.481 e. The van der Waals surface area contributed by atoms with Crippen molar-refractivity contribution >= 4 is 17.7 Å². The van der Waals surface area contributed by atoms with Gasteiger partial charge in [0.2, 0.25) is 0 Å². The molecule has 132 valence electrons. The van der Waals surface area contributed by atoms with Gasteiger partial charge < -0.3 is 10.4 Å². The summed E-state index contributed by atoms with van der Waals surface area (Å²) >= 11 is 2.05. The maximum absolute atomic E-state index is 11.1. The number of thioether (sulfide) groups is 1. The van der Waals surface area contributed by atoms with E-state index in [-0.39, 0.29) is 5.92 Å². The second kappa shape index (κ2) is 8.88. The molecule has 24 heavy (non-hydrogen) atoms. The van der Waals surface area contributed by atoms with Crippen molar-refractivity contribution in [3.8, 4) is 0 Å². The van der Waals surface area contributed by atoms with Crippen LogP contribution in [0.1, 0.15) is 31.2 Å². The standard InChI is InChI=1S/C19H28N2O2S/c22-19(23)16-6-8-17(9-7-16)20-12-18-14-24-11-10-21(18)13-15-4-2-1-3-5-15/h1-5,16-18,20H,6-14H2,(H,22,23). The summed E-state index contributed by atoms with van der Waals surface area (Å²) in [5, 5.41) is 12.8. The van der Waals surface area contributed by atoms with E-state index in [4.69, 9.17) is 5.11 Å². The Morgan fingerprint density at radius 3 is 2.67 bits per heavy atom. The Kier molecular flexibility index (Phi) is 6.58. The molecule has 0 spiro atoms. The van der Waals surface area contributed by atoms with E-state index in [1.54, 1.807) is 0 Å². The normalized spacial score (nSPS) is 28.6. The number of nitrogens with zero attached hydrogens (tertiary/aromatic N) is 1. The van der Waals surface area contributed by atoms with Gasteiger partial charge in [-0.3, -0.25) is 9.69 Å². The minimum absolute atomic E-state index is 0.122. The third-order valence-corrected chi connectivity index (χ3v) is 6.39. The molecule has 1 atom stereocenters. The first-order chi connectivity index (χ1) is 11.7. The van der Waals surface area contributed by atoms with Crippen LogP contribution in [0.25, 0.3) is 0 Å². The van der Waals surface area contributed by atoms with Crippen LogP contribution >= 0.6 is 11.8 Å². The van der Waals surface area contributed by atoms with E-state index < -0.39 is 5.97 Å². The van der Waals surface area contributed by atoms with Crippen LogP contribution < -0.4 is 5.32 Å². The Labute approximate surface area is 149 Å². The lowest BCUT2D eigenvalue weighted by molar-refractivity contribution is -0.142. The van der Waals surface area contributed by atoms with Gasteiger partial charge in [0.1, 0.15) is 0 Å². The van der Waals surface area contributed by atoms with Gasteiger partial charge in [0.05, 0.1) is 5.92 Å². The molecule has 1 saturated heterocycles. The molecule has 1 unspecified atom stereocenters. The van der Waals surface area contributed by atoms with Crippen molar-refractivity contribution in [2.24, 2.45) is 5.92 Å². The summed E-state index contributed by atoms with van der Waals surface area (Å²) in [7, 11) is 0. The Morgan fingerprint density at radius 2 is 1.96 bits per heavy atom. The molecule has 1 aromatic rings. The number of carbonyl (C=O) groups is 1. The lowest BCUT2D eigenvalue weighted by atomic mass is 9.86. The summed E-state index contributed by atoms with van der Waals surface area (Å²) in [6.07, 6.45) is 3.63. The zero-order chi connectivity index (χ0) is 16.8. The van der Waals surface area contributed by atoms with Crippen molar-refractivity contribution in [3.05, 3.63) is 35.9 Å². The van der Waals surface area contributed by atoms with Gasteiger partial charge >= 0.3 is 5.97 Å². The van der Waals surface area contributed by atoms with E-state index >= 15 is 0 Å². The molecule has 0 amide bonds. The molecule has 2 aliphatic rings. The van der Waals surface area contributed by atoms with E-state index in [0.29, 0.717) is 12.1 Å². The van der Waals surface area contributed by atoms with E-state index in [2.05, 4.69) is 40.5 Å². The molecule has 3 rings (SSSR count). The summed E-state index contributed by atoms with van der Waals surface area (Å²) in [5.74, 6) is 1.66. The Balaban J connectivity index is 1.47. The first-order valence-corrected chi connectivity index (χ1v) is 10.2. The number of nitrogens with one attached hydrogen (secondary N) is 1. The van der Waals surface area contributed by atoms with Gasteiger partial charge in [0, 0.05) is 43.2 Å². The average Bonchev–Trinajstić information content (AvgIpc) is 2.62. The summed E-state index contributed by atoms with van der Waals surface area (Å²) in [6, 6.07) is 11.8. The molecule has 2 N–H and O–H groups in total. The molecule has 1 aliphatic carbocycles. The third-order valence-electron chi connectivity index (χ3n) is 5.30. The molecule has 1 heterocycles. The number of aliphatic carboxylic acids is 1. The quantitative estimate of drug-likeness (QED) is 0.828. The van der Waals surface area contributed by atoms with Crippen molar-refractivity contribution in [1.29, 1.82) is 0 Å². The molecule has 0 aromatic heterocycles. The fourth-order valence-electron chi connectivity index (χ4n) is 3.75. The molecule has 2 fully saturated rings. The maximum Gasteiger partial charge on any atom is 0.306 e. The average molecular weight is 349 g/mol. The van der Waals surface area contributed by atoms with Crippen LogP contribution in [0.2, 0.25) is 0 Å². The van der Waals surface area contributed by atoms with E-state index in [1.807, 2.05) is 11.8 Å². The molecule has 1 saturated carbocycles. The highest BCUT2D eigenvalue weighted by Crippen LogP contribution is 2.25.